The van der Waals surface area contributed by atoms with Gasteiger partial charge in [0.25, 0.3) is 0 Å². The highest BCUT2D eigenvalue weighted by Gasteiger charge is 2.25. The number of anilines is 3. The molecule has 55 heavy (non-hydrogen) atoms. The van der Waals surface area contributed by atoms with Crippen LogP contribution in [-0.2, 0) is 0 Å². The molecule has 11 aromatic rings. The van der Waals surface area contributed by atoms with Crippen LogP contribution in [0, 0.1) is 0 Å². The SMILES string of the molecule is c1ccc(-c2cc3ccccc3cc2-c2ccc(N(c3cccc4oc5ccccc5c34)c3ccc(-c4ccccc4)c4oc5ccccc5c34)cc2)cc1. The number of benzene rings is 9. The first kappa shape index (κ1) is 31.2. The van der Waals surface area contributed by atoms with E-state index in [9.17, 15) is 0 Å². The number of hydrogen-bond acceptors (Lipinski definition) is 3. The fourth-order valence-electron chi connectivity index (χ4n) is 8.32. The summed E-state index contributed by atoms with van der Waals surface area (Å²) in [5.74, 6) is 0. The first-order chi connectivity index (χ1) is 27.3. The topological polar surface area (TPSA) is 29.5 Å². The molecule has 258 valence electrons. The maximum Gasteiger partial charge on any atom is 0.145 e. The molecular formula is C52H33NO2. The van der Waals surface area contributed by atoms with Gasteiger partial charge in [0.05, 0.1) is 22.1 Å². The average molecular weight is 704 g/mol. The molecule has 0 fully saturated rings. The molecule has 0 N–H and O–H groups in total. The van der Waals surface area contributed by atoms with Gasteiger partial charge in [-0.3, -0.25) is 0 Å². The molecule has 0 amide bonds. The molecule has 0 aliphatic heterocycles. The van der Waals surface area contributed by atoms with Gasteiger partial charge in [0.2, 0.25) is 0 Å². The van der Waals surface area contributed by atoms with Crippen molar-refractivity contribution in [3.8, 4) is 33.4 Å². The van der Waals surface area contributed by atoms with Crippen molar-refractivity contribution >= 4 is 71.7 Å². The molecule has 2 heterocycles. The van der Waals surface area contributed by atoms with Crippen LogP contribution >= 0.6 is 0 Å². The molecule has 3 heteroatoms. The van der Waals surface area contributed by atoms with Crippen molar-refractivity contribution in [1.82, 2.24) is 0 Å². The van der Waals surface area contributed by atoms with Gasteiger partial charge in [0.15, 0.2) is 0 Å². The monoisotopic (exact) mass is 703 g/mol. The van der Waals surface area contributed by atoms with Crippen LogP contribution in [0.5, 0.6) is 0 Å². The first-order valence-electron chi connectivity index (χ1n) is 18.7. The number of hydrogen-bond donors (Lipinski definition) is 0. The second kappa shape index (κ2) is 12.6. The molecule has 0 aliphatic rings. The van der Waals surface area contributed by atoms with Gasteiger partial charge in [-0.2, -0.15) is 0 Å². The highest BCUT2D eigenvalue weighted by Crippen LogP contribution is 2.49. The summed E-state index contributed by atoms with van der Waals surface area (Å²) < 4.78 is 13.2. The number of rotatable bonds is 6. The Morgan fingerprint density at radius 1 is 0.327 bits per heavy atom. The summed E-state index contributed by atoms with van der Waals surface area (Å²) in [4.78, 5) is 2.38. The largest absolute Gasteiger partial charge is 0.456 e. The van der Waals surface area contributed by atoms with Crippen molar-refractivity contribution in [3.05, 3.63) is 200 Å². The van der Waals surface area contributed by atoms with Crippen LogP contribution in [0.15, 0.2) is 209 Å². The van der Waals surface area contributed by atoms with Crippen molar-refractivity contribution in [2.24, 2.45) is 0 Å². The summed E-state index contributed by atoms with van der Waals surface area (Å²) in [5.41, 5.74) is 13.4. The molecule has 9 aromatic carbocycles. The van der Waals surface area contributed by atoms with Gasteiger partial charge in [0.1, 0.15) is 22.3 Å². The first-order valence-corrected chi connectivity index (χ1v) is 18.7. The molecule has 0 bridgehead atoms. The summed E-state index contributed by atoms with van der Waals surface area (Å²) in [5, 5.41) is 6.72. The normalized spacial score (nSPS) is 11.6. The lowest BCUT2D eigenvalue weighted by Crippen LogP contribution is -2.11. The van der Waals surface area contributed by atoms with E-state index in [-0.39, 0.29) is 0 Å². The molecule has 3 nitrogen and oxygen atoms in total. The van der Waals surface area contributed by atoms with Crippen LogP contribution in [0.3, 0.4) is 0 Å². The van der Waals surface area contributed by atoms with E-state index in [1.165, 1.54) is 27.5 Å². The minimum Gasteiger partial charge on any atom is -0.456 e. The van der Waals surface area contributed by atoms with Crippen LogP contribution < -0.4 is 4.90 Å². The molecule has 0 saturated heterocycles. The fraction of sp³-hybridized carbons (Fsp3) is 0. The fourth-order valence-corrected chi connectivity index (χ4v) is 8.32. The average Bonchev–Trinajstić information content (AvgIpc) is 3.84. The Balaban J connectivity index is 1.17. The molecule has 0 radical (unpaired) electrons. The number of fused-ring (bicyclic) bond motifs is 7. The van der Waals surface area contributed by atoms with Gasteiger partial charge in [-0.05, 0) is 99.3 Å². The maximum atomic E-state index is 6.77. The lowest BCUT2D eigenvalue weighted by Gasteiger charge is -2.27. The molecular weight excluding hydrogens is 671 g/mol. The van der Waals surface area contributed by atoms with Gasteiger partial charge >= 0.3 is 0 Å². The molecule has 0 spiro atoms. The Bertz CT molecular complexity index is 3190. The van der Waals surface area contributed by atoms with Crippen molar-refractivity contribution in [1.29, 1.82) is 0 Å². The zero-order valence-electron chi connectivity index (χ0n) is 29.8. The Hall–Kier alpha value is -7.36. The zero-order valence-corrected chi connectivity index (χ0v) is 29.8. The second-order valence-corrected chi connectivity index (χ2v) is 14.0. The van der Waals surface area contributed by atoms with Crippen LogP contribution in [0.25, 0.3) is 88.0 Å². The Labute approximate surface area is 317 Å². The predicted molar refractivity (Wildman–Crippen MR) is 229 cm³/mol. The number of para-hydroxylation sites is 2. The predicted octanol–water partition coefficient (Wildman–Crippen LogP) is 15.1. The van der Waals surface area contributed by atoms with Crippen molar-refractivity contribution in [2.45, 2.75) is 0 Å². The van der Waals surface area contributed by atoms with Crippen LogP contribution in [0.4, 0.5) is 17.1 Å². The smallest absolute Gasteiger partial charge is 0.145 e. The lowest BCUT2D eigenvalue weighted by atomic mass is 9.91. The number of nitrogens with zero attached hydrogens (tertiary/aromatic N) is 1. The Morgan fingerprint density at radius 2 is 0.836 bits per heavy atom. The van der Waals surface area contributed by atoms with Crippen molar-refractivity contribution < 1.29 is 8.83 Å². The minimum absolute atomic E-state index is 0.846. The third kappa shape index (κ3) is 5.13. The van der Waals surface area contributed by atoms with E-state index in [4.69, 9.17) is 8.83 Å². The third-order valence-electron chi connectivity index (χ3n) is 10.9. The van der Waals surface area contributed by atoms with E-state index in [0.717, 1.165) is 77.6 Å². The third-order valence-corrected chi connectivity index (χ3v) is 10.9. The van der Waals surface area contributed by atoms with Crippen molar-refractivity contribution in [2.75, 3.05) is 4.90 Å². The van der Waals surface area contributed by atoms with Gasteiger partial charge in [-0.25, -0.2) is 0 Å². The molecule has 0 atom stereocenters. The van der Waals surface area contributed by atoms with E-state index in [2.05, 4.69) is 187 Å². The lowest BCUT2D eigenvalue weighted by molar-refractivity contribution is 0.669. The molecule has 11 rings (SSSR count). The summed E-state index contributed by atoms with van der Waals surface area (Å²) in [7, 11) is 0. The molecule has 0 aliphatic carbocycles. The van der Waals surface area contributed by atoms with E-state index in [1.54, 1.807) is 0 Å². The summed E-state index contributed by atoms with van der Waals surface area (Å²) in [6.07, 6.45) is 0. The summed E-state index contributed by atoms with van der Waals surface area (Å²) >= 11 is 0. The van der Waals surface area contributed by atoms with E-state index >= 15 is 0 Å². The minimum atomic E-state index is 0.846. The van der Waals surface area contributed by atoms with E-state index in [1.807, 2.05) is 18.2 Å². The maximum absolute atomic E-state index is 6.77. The zero-order chi connectivity index (χ0) is 36.3. The van der Waals surface area contributed by atoms with Gasteiger partial charge in [-0.1, -0.05) is 140 Å². The second-order valence-electron chi connectivity index (χ2n) is 14.0. The Morgan fingerprint density at radius 3 is 1.51 bits per heavy atom. The number of furan rings is 2. The van der Waals surface area contributed by atoms with Gasteiger partial charge < -0.3 is 13.7 Å². The quantitative estimate of drug-likeness (QED) is 0.173. The van der Waals surface area contributed by atoms with E-state index < -0.39 is 0 Å². The van der Waals surface area contributed by atoms with Gasteiger partial charge in [-0.15, -0.1) is 0 Å². The van der Waals surface area contributed by atoms with E-state index in [0.29, 0.717) is 0 Å². The Kier molecular flexibility index (Phi) is 7.17. The highest BCUT2D eigenvalue weighted by molar-refractivity contribution is 6.20. The van der Waals surface area contributed by atoms with Crippen LogP contribution in [-0.4, -0.2) is 0 Å². The van der Waals surface area contributed by atoms with Crippen molar-refractivity contribution in [3.63, 3.8) is 0 Å². The summed E-state index contributed by atoms with van der Waals surface area (Å²) in [6.45, 7) is 0. The standard InChI is InChI=1S/C52H33NO2/c1-3-14-34(15-4-1)40-30-31-46(51-42-21-10-12-24-48(42)55-52(40)51)53(45-22-13-25-49-50(45)41-20-9-11-23-47(41)54-49)39-28-26-36(27-29-39)44-33-38-19-8-7-18-37(38)32-43(44)35-16-5-2-6-17-35/h1-33H. The highest BCUT2D eigenvalue weighted by atomic mass is 16.3. The van der Waals surface area contributed by atoms with Gasteiger partial charge in [0, 0.05) is 22.0 Å². The molecule has 0 unspecified atom stereocenters. The molecule has 2 aromatic heterocycles. The molecule has 0 saturated carbocycles. The van der Waals surface area contributed by atoms with Crippen LogP contribution in [0.1, 0.15) is 0 Å². The summed E-state index contributed by atoms with van der Waals surface area (Å²) in [6, 6.07) is 70.9. The van der Waals surface area contributed by atoms with Crippen LogP contribution in [0.2, 0.25) is 0 Å².